The van der Waals surface area contributed by atoms with Crippen molar-refractivity contribution in [1.82, 2.24) is 14.7 Å². The number of hydrogen-bond acceptors (Lipinski definition) is 7. The van der Waals surface area contributed by atoms with Gasteiger partial charge in [-0.3, -0.25) is 9.32 Å². The van der Waals surface area contributed by atoms with E-state index in [2.05, 4.69) is 20.0 Å². The fraction of sp³-hybridized carbons (Fsp3) is 0.200. The molecule has 1 aromatic carbocycles. The molecule has 3 N–H and O–H groups in total. The van der Waals surface area contributed by atoms with Gasteiger partial charge in [-0.1, -0.05) is 17.3 Å². The minimum Gasteiger partial charge on any atom is -0.325 e. The van der Waals surface area contributed by atoms with Crippen LogP contribution >= 0.6 is 11.3 Å². The second kappa shape index (κ2) is 6.77. The first kappa shape index (κ1) is 16.1. The predicted molar refractivity (Wildman–Crippen MR) is 89.6 cm³/mol. The van der Waals surface area contributed by atoms with E-state index in [-0.39, 0.29) is 24.8 Å². The summed E-state index contributed by atoms with van der Waals surface area (Å²) in [5, 5.41) is 9.19. The molecular formula is C15H15N5O3S. The van der Waals surface area contributed by atoms with Crippen molar-refractivity contribution in [2.75, 3.05) is 5.32 Å². The van der Waals surface area contributed by atoms with Gasteiger partial charge in [0.05, 0.1) is 17.2 Å². The van der Waals surface area contributed by atoms with Gasteiger partial charge in [-0.25, -0.2) is 14.3 Å². The van der Waals surface area contributed by atoms with E-state index in [1.807, 2.05) is 30.5 Å². The van der Waals surface area contributed by atoms with Gasteiger partial charge in [0, 0.05) is 16.6 Å². The lowest BCUT2D eigenvalue weighted by atomic mass is 10.1. The predicted octanol–water partition coefficient (Wildman–Crippen LogP) is 1.37. The molecular weight excluding hydrogens is 330 g/mol. The van der Waals surface area contributed by atoms with E-state index in [0.29, 0.717) is 5.69 Å². The molecule has 3 rings (SSSR count). The number of hydrogen-bond donors (Lipinski definition) is 2. The summed E-state index contributed by atoms with van der Waals surface area (Å²) in [6, 6.07) is 7.34. The van der Waals surface area contributed by atoms with Crippen molar-refractivity contribution in [2.45, 2.75) is 20.0 Å². The molecule has 0 fully saturated rings. The zero-order chi connectivity index (χ0) is 17.1. The number of anilines is 1. The second-order valence-corrected chi connectivity index (χ2v) is 6.10. The van der Waals surface area contributed by atoms with E-state index in [9.17, 15) is 9.59 Å². The minimum atomic E-state index is -0.711. The van der Waals surface area contributed by atoms with Crippen LogP contribution in [0, 0.1) is 6.92 Å². The highest BCUT2D eigenvalue weighted by atomic mass is 32.1. The van der Waals surface area contributed by atoms with Crippen LogP contribution in [-0.2, 0) is 17.9 Å². The molecule has 0 aliphatic carbocycles. The highest BCUT2D eigenvalue weighted by Crippen LogP contribution is 2.24. The summed E-state index contributed by atoms with van der Waals surface area (Å²) in [5.74, 6) is -0.860. The SMILES string of the molecule is Cc1nc(-c2cccc(NC(=O)Cn3c(CN)noc3=O)c2)cs1. The molecule has 2 heterocycles. The Balaban J connectivity index is 1.75. The highest BCUT2D eigenvalue weighted by Gasteiger charge is 2.13. The Bertz CT molecular complexity index is 927. The first-order valence-corrected chi connectivity index (χ1v) is 8.02. The van der Waals surface area contributed by atoms with Gasteiger partial charge in [0.25, 0.3) is 0 Å². The number of carbonyl (C=O) groups is 1. The first-order chi connectivity index (χ1) is 11.6. The Labute approximate surface area is 140 Å². The minimum absolute atomic E-state index is 0.0116. The molecule has 24 heavy (non-hydrogen) atoms. The van der Waals surface area contributed by atoms with Crippen molar-refractivity contribution in [3.8, 4) is 11.3 Å². The summed E-state index contributed by atoms with van der Waals surface area (Å²) in [6.07, 6.45) is 0. The van der Waals surface area contributed by atoms with E-state index < -0.39 is 5.76 Å². The fourth-order valence-electron chi connectivity index (χ4n) is 2.20. The van der Waals surface area contributed by atoms with Crippen LogP contribution in [0.25, 0.3) is 11.3 Å². The van der Waals surface area contributed by atoms with Gasteiger partial charge in [0.15, 0.2) is 5.82 Å². The summed E-state index contributed by atoms with van der Waals surface area (Å²) in [7, 11) is 0. The van der Waals surface area contributed by atoms with Gasteiger partial charge in [-0.05, 0) is 19.1 Å². The number of amides is 1. The Morgan fingerprint density at radius 1 is 1.46 bits per heavy atom. The third-order valence-corrected chi connectivity index (χ3v) is 4.08. The van der Waals surface area contributed by atoms with Crippen LogP contribution in [0.3, 0.4) is 0 Å². The number of rotatable bonds is 5. The quantitative estimate of drug-likeness (QED) is 0.721. The maximum absolute atomic E-state index is 12.2. The Kier molecular flexibility index (Phi) is 4.54. The van der Waals surface area contributed by atoms with Gasteiger partial charge < -0.3 is 11.1 Å². The number of benzene rings is 1. The Morgan fingerprint density at radius 2 is 2.29 bits per heavy atom. The molecule has 9 heteroatoms. The van der Waals surface area contributed by atoms with Gasteiger partial charge >= 0.3 is 5.76 Å². The molecule has 2 aromatic heterocycles. The lowest BCUT2D eigenvalue weighted by Gasteiger charge is -2.07. The summed E-state index contributed by atoms with van der Waals surface area (Å²) < 4.78 is 5.61. The van der Waals surface area contributed by atoms with Crippen LogP contribution in [0.4, 0.5) is 5.69 Å². The van der Waals surface area contributed by atoms with E-state index in [1.54, 1.807) is 17.4 Å². The normalized spacial score (nSPS) is 10.8. The van der Waals surface area contributed by atoms with Crippen LogP contribution in [0.5, 0.6) is 0 Å². The van der Waals surface area contributed by atoms with Crippen molar-refractivity contribution in [3.63, 3.8) is 0 Å². The van der Waals surface area contributed by atoms with E-state index in [4.69, 9.17) is 5.73 Å². The van der Waals surface area contributed by atoms with Crippen LogP contribution < -0.4 is 16.8 Å². The van der Waals surface area contributed by atoms with Crippen molar-refractivity contribution in [2.24, 2.45) is 5.73 Å². The molecule has 0 aliphatic heterocycles. The molecule has 0 saturated heterocycles. The van der Waals surface area contributed by atoms with Crippen molar-refractivity contribution in [3.05, 3.63) is 51.0 Å². The number of carbonyl (C=O) groups excluding carboxylic acids is 1. The maximum atomic E-state index is 12.2. The summed E-state index contributed by atoms with van der Waals surface area (Å²) in [5.41, 5.74) is 7.83. The fourth-order valence-corrected chi connectivity index (χ4v) is 2.82. The standard InChI is InChI=1S/C15H15N5O3S/c1-9-17-12(8-24-9)10-3-2-4-11(5-10)18-14(21)7-20-13(6-16)19-23-15(20)22/h2-5,8H,6-7,16H2,1H3,(H,18,21). The third kappa shape index (κ3) is 3.42. The molecule has 0 aliphatic rings. The number of nitrogens with two attached hydrogens (primary N) is 1. The number of aryl methyl sites for hydroxylation is 1. The van der Waals surface area contributed by atoms with Gasteiger partial charge in [0.2, 0.25) is 5.91 Å². The molecule has 0 atom stereocenters. The van der Waals surface area contributed by atoms with E-state index in [0.717, 1.165) is 20.8 Å². The highest BCUT2D eigenvalue weighted by molar-refractivity contribution is 7.09. The molecule has 0 bridgehead atoms. The Hall–Kier alpha value is -2.78. The molecule has 0 saturated carbocycles. The third-order valence-electron chi connectivity index (χ3n) is 3.31. The smallest absolute Gasteiger partial charge is 0.325 e. The maximum Gasteiger partial charge on any atom is 0.442 e. The summed E-state index contributed by atoms with van der Waals surface area (Å²) in [6.45, 7) is 1.73. The molecule has 0 radical (unpaired) electrons. The Morgan fingerprint density at radius 3 is 3.00 bits per heavy atom. The molecule has 0 spiro atoms. The van der Waals surface area contributed by atoms with Crippen molar-refractivity contribution >= 4 is 22.9 Å². The summed E-state index contributed by atoms with van der Waals surface area (Å²) in [4.78, 5) is 28.1. The monoisotopic (exact) mass is 345 g/mol. The average molecular weight is 345 g/mol. The number of thiazole rings is 1. The van der Waals surface area contributed by atoms with Crippen LogP contribution in [0.15, 0.2) is 39.0 Å². The zero-order valence-corrected chi connectivity index (χ0v) is 13.7. The lowest BCUT2D eigenvalue weighted by Crippen LogP contribution is -2.27. The number of nitrogens with zero attached hydrogens (tertiary/aromatic N) is 3. The van der Waals surface area contributed by atoms with Gasteiger partial charge in [-0.2, -0.15) is 0 Å². The van der Waals surface area contributed by atoms with Crippen molar-refractivity contribution < 1.29 is 9.32 Å². The van der Waals surface area contributed by atoms with Crippen molar-refractivity contribution in [1.29, 1.82) is 0 Å². The second-order valence-electron chi connectivity index (χ2n) is 5.04. The largest absolute Gasteiger partial charge is 0.442 e. The zero-order valence-electron chi connectivity index (χ0n) is 12.9. The molecule has 1 amide bonds. The molecule has 124 valence electrons. The average Bonchev–Trinajstić information content (AvgIpc) is 3.14. The molecule has 0 unspecified atom stereocenters. The summed E-state index contributed by atoms with van der Waals surface area (Å²) >= 11 is 1.56. The van der Waals surface area contributed by atoms with Crippen LogP contribution in [0.1, 0.15) is 10.8 Å². The lowest BCUT2D eigenvalue weighted by molar-refractivity contribution is -0.116. The van der Waals surface area contributed by atoms with E-state index in [1.165, 1.54) is 0 Å². The number of aromatic nitrogens is 3. The number of nitrogens with one attached hydrogen (secondary N) is 1. The molecule has 3 aromatic rings. The molecule has 8 nitrogen and oxygen atoms in total. The van der Waals surface area contributed by atoms with Gasteiger partial charge in [-0.15, -0.1) is 11.3 Å². The van der Waals surface area contributed by atoms with Gasteiger partial charge in [0.1, 0.15) is 6.54 Å². The van der Waals surface area contributed by atoms with E-state index >= 15 is 0 Å². The van der Waals surface area contributed by atoms with Crippen LogP contribution in [0.2, 0.25) is 0 Å². The topological polar surface area (TPSA) is 116 Å². The van der Waals surface area contributed by atoms with Crippen LogP contribution in [-0.4, -0.2) is 20.6 Å². The first-order valence-electron chi connectivity index (χ1n) is 7.14.